The SMILES string of the molecule is C=CCCCCC[Si](OCCCCCC)(OCCCCCC)OCCCCCC. The van der Waals surface area contributed by atoms with E-state index in [9.17, 15) is 0 Å². The standard InChI is InChI=1S/C25H52O3Si/c1-5-9-13-17-21-25-29(26-22-18-14-10-6-2,27-23-19-15-11-7-3)28-24-20-16-12-8-4/h5H,1,6-25H2,2-4H3. The summed E-state index contributed by atoms with van der Waals surface area (Å²) < 4.78 is 19.4. The molecule has 0 rings (SSSR count). The summed E-state index contributed by atoms with van der Waals surface area (Å²) in [5, 5.41) is 0. The van der Waals surface area contributed by atoms with Gasteiger partial charge >= 0.3 is 8.80 Å². The number of allylic oxidation sites excluding steroid dienone is 1. The maximum Gasteiger partial charge on any atom is 0.500 e. The molecule has 0 aliphatic heterocycles. The fourth-order valence-corrected chi connectivity index (χ4v) is 6.15. The third kappa shape index (κ3) is 18.3. The molecule has 0 atom stereocenters. The van der Waals surface area contributed by atoms with Gasteiger partial charge in [0.05, 0.1) is 0 Å². The predicted molar refractivity (Wildman–Crippen MR) is 130 cm³/mol. The van der Waals surface area contributed by atoms with Crippen molar-refractivity contribution in [3.05, 3.63) is 12.7 Å². The van der Waals surface area contributed by atoms with Gasteiger partial charge in [-0.1, -0.05) is 91.1 Å². The second-order valence-electron chi connectivity index (χ2n) is 8.30. The topological polar surface area (TPSA) is 27.7 Å². The molecule has 0 bridgehead atoms. The molecular weight excluding hydrogens is 376 g/mol. The summed E-state index contributed by atoms with van der Waals surface area (Å²) >= 11 is 0. The van der Waals surface area contributed by atoms with Crippen molar-refractivity contribution >= 4 is 8.80 Å². The molecule has 0 saturated carbocycles. The van der Waals surface area contributed by atoms with Crippen molar-refractivity contribution in [2.45, 2.75) is 130 Å². The molecule has 0 aromatic heterocycles. The van der Waals surface area contributed by atoms with Crippen molar-refractivity contribution < 1.29 is 13.3 Å². The quantitative estimate of drug-likeness (QED) is 0.0876. The Bertz CT molecular complexity index is 300. The van der Waals surface area contributed by atoms with Gasteiger partial charge in [-0.2, -0.15) is 0 Å². The minimum Gasteiger partial charge on any atom is -0.373 e. The molecule has 0 aromatic carbocycles. The summed E-state index contributed by atoms with van der Waals surface area (Å²) in [5.41, 5.74) is 0. The van der Waals surface area contributed by atoms with Crippen LogP contribution in [0.2, 0.25) is 6.04 Å². The number of unbranched alkanes of at least 4 members (excludes halogenated alkanes) is 12. The van der Waals surface area contributed by atoms with Crippen LogP contribution in [0.25, 0.3) is 0 Å². The van der Waals surface area contributed by atoms with E-state index in [1.165, 1.54) is 70.6 Å². The maximum absolute atomic E-state index is 6.47. The van der Waals surface area contributed by atoms with Crippen LogP contribution < -0.4 is 0 Å². The molecule has 3 nitrogen and oxygen atoms in total. The molecule has 0 heterocycles. The first-order chi connectivity index (χ1) is 14.2. The zero-order chi connectivity index (χ0) is 21.5. The van der Waals surface area contributed by atoms with Gasteiger partial charge in [-0.25, -0.2) is 0 Å². The van der Waals surface area contributed by atoms with E-state index in [1.54, 1.807) is 0 Å². The minimum absolute atomic E-state index is 0.794. The molecule has 0 fully saturated rings. The highest BCUT2D eigenvalue weighted by Gasteiger charge is 2.40. The highest BCUT2D eigenvalue weighted by atomic mass is 28.4. The lowest BCUT2D eigenvalue weighted by atomic mass is 10.2. The zero-order valence-electron chi connectivity index (χ0n) is 20.2. The van der Waals surface area contributed by atoms with Crippen LogP contribution in [0.5, 0.6) is 0 Å². The normalized spacial score (nSPS) is 11.8. The van der Waals surface area contributed by atoms with Crippen LogP contribution in [0.3, 0.4) is 0 Å². The lowest BCUT2D eigenvalue weighted by Crippen LogP contribution is -2.46. The van der Waals surface area contributed by atoms with E-state index >= 15 is 0 Å². The summed E-state index contributed by atoms with van der Waals surface area (Å²) in [6, 6.07) is 0.972. The Balaban J connectivity index is 4.70. The van der Waals surface area contributed by atoms with Crippen molar-refractivity contribution in [2.24, 2.45) is 0 Å². The van der Waals surface area contributed by atoms with Crippen molar-refractivity contribution in [1.82, 2.24) is 0 Å². The molecule has 174 valence electrons. The number of hydrogen-bond donors (Lipinski definition) is 0. The average Bonchev–Trinajstić information content (AvgIpc) is 2.73. The molecule has 0 N–H and O–H groups in total. The van der Waals surface area contributed by atoms with E-state index in [1.807, 2.05) is 6.08 Å². The molecule has 0 aliphatic carbocycles. The summed E-state index contributed by atoms with van der Waals surface area (Å²) in [4.78, 5) is 0. The van der Waals surface area contributed by atoms with Crippen LogP contribution in [-0.2, 0) is 13.3 Å². The fraction of sp³-hybridized carbons (Fsp3) is 0.920. The Morgan fingerprint density at radius 1 is 0.552 bits per heavy atom. The van der Waals surface area contributed by atoms with E-state index in [4.69, 9.17) is 13.3 Å². The van der Waals surface area contributed by atoms with Gasteiger partial charge in [-0.3, -0.25) is 0 Å². The van der Waals surface area contributed by atoms with Gasteiger partial charge in [-0.15, -0.1) is 6.58 Å². The zero-order valence-corrected chi connectivity index (χ0v) is 21.2. The monoisotopic (exact) mass is 428 g/mol. The van der Waals surface area contributed by atoms with Gasteiger partial charge in [-0.05, 0) is 38.5 Å². The summed E-state index contributed by atoms with van der Waals surface area (Å²) in [6.07, 6.45) is 21.4. The molecule has 0 amide bonds. The molecule has 0 unspecified atom stereocenters. The van der Waals surface area contributed by atoms with Gasteiger partial charge in [0.25, 0.3) is 0 Å². The van der Waals surface area contributed by atoms with E-state index in [0.29, 0.717) is 0 Å². The van der Waals surface area contributed by atoms with Crippen molar-refractivity contribution in [2.75, 3.05) is 19.8 Å². The van der Waals surface area contributed by atoms with Crippen molar-refractivity contribution in [1.29, 1.82) is 0 Å². The molecule has 0 aromatic rings. The van der Waals surface area contributed by atoms with Crippen LogP contribution in [-0.4, -0.2) is 28.6 Å². The van der Waals surface area contributed by atoms with E-state index in [-0.39, 0.29) is 0 Å². The summed E-state index contributed by atoms with van der Waals surface area (Å²) in [5.74, 6) is 0. The molecule has 0 saturated heterocycles. The van der Waals surface area contributed by atoms with Crippen LogP contribution in [0.1, 0.15) is 124 Å². The van der Waals surface area contributed by atoms with Crippen molar-refractivity contribution in [3.63, 3.8) is 0 Å². The largest absolute Gasteiger partial charge is 0.500 e. The lowest BCUT2D eigenvalue weighted by molar-refractivity contribution is 0.0547. The highest BCUT2D eigenvalue weighted by molar-refractivity contribution is 6.60. The summed E-state index contributed by atoms with van der Waals surface area (Å²) in [7, 11) is -2.56. The van der Waals surface area contributed by atoms with Gasteiger partial charge in [0, 0.05) is 25.9 Å². The Hall–Kier alpha value is -0.163. The first-order valence-corrected chi connectivity index (χ1v) is 14.7. The minimum atomic E-state index is -2.56. The van der Waals surface area contributed by atoms with Crippen molar-refractivity contribution in [3.8, 4) is 0 Å². The third-order valence-electron chi connectivity index (χ3n) is 5.35. The Morgan fingerprint density at radius 3 is 1.34 bits per heavy atom. The second-order valence-corrected chi connectivity index (χ2v) is 11.0. The average molecular weight is 429 g/mol. The molecule has 29 heavy (non-hydrogen) atoms. The lowest BCUT2D eigenvalue weighted by Gasteiger charge is -2.30. The number of hydrogen-bond acceptors (Lipinski definition) is 3. The van der Waals surface area contributed by atoms with Gasteiger partial charge < -0.3 is 13.3 Å². The smallest absolute Gasteiger partial charge is 0.373 e. The van der Waals surface area contributed by atoms with Crippen LogP contribution >= 0.6 is 0 Å². The predicted octanol–water partition coefficient (Wildman–Crippen LogP) is 8.46. The van der Waals surface area contributed by atoms with Gasteiger partial charge in [0.2, 0.25) is 0 Å². The molecule has 0 radical (unpaired) electrons. The fourth-order valence-electron chi connectivity index (χ4n) is 3.42. The Morgan fingerprint density at radius 2 is 0.966 bits per heavy atom. The van der Waals surface area contributed by atoms with Gasteiger partial charge in [0.1, 0.15) is 0 Å². The second kappa shape index (κ2) is 22.5. The van der Waals surface area contributed by atoms with Crippen LogP contribution in [0.15, 0.2) is 12.7 Å². The summed E-state index contributed by atoms with van der Waals surface area (Å²) in [6.45, 7) is 13.0. The molecule has 0 spiro atoms. The number of rotatable bonds is 24. The molecule has 4 heteroatoms. The van der Waals surface area contributed by atoms with Crippen LogP contribution in [0.4, 0.5) is 0 Å². The molecular formula is C25H52O3Si. The van der Waals surface area contributed by atoms with Gasteiger partial charge in [0.15, 0.2) is 0 Å². The Kier molecular flexibility index (Phi) is 22.4. The van der Waals surface area contributed by atoms with E-state index in [0.717, 1.165) is 58.0 Å². The molecule has 0 aliphatic rings. The Labute approximate surface area is 184 Å². The maximum atomic E-state index is 6.47. The first kappa shape index (κ1) is 28.8. The first-order valence-electron chi connectivity index (χ1n) is 12.8. The van der Waals surface area contributed by atoms with Crippen LogP contribution in [0, 0.1) is 0 Å². The highest BCUT2D eigenvalue weighted by Crippen LogP contribution is 2.23. The van der Waals surface area contributed by atoms with E-state index in [2.05, 4.69) is 27.4 Å². The third-order valence-corrected chi connectivity index (χ3v) is 8.25. The van der Waals surface area contributed by atoms with E-state index < -0.39 is 8.80 Å².